The summed E-state index contributed by atoms with van der Waals surface area (Å²) in [5.74, 6) is 1.78. The summed E-state index contributed by atoms with van der Waals surface area (Å²) in [6.45, 7) is 4.02. The molecule has 4 nitrogen and oxygen atoms in total. The van der Waals surface area contributed by atoms with Crippen LogP contribution in [-0.2, 0) is 4.79 Å². The molecule has 1 N–H and O–H groups in total. The number of hydrogen-bond acceptors (Lipinski definition) is 4. The maximum Gasteiger partial charge on any atom is 0.225 e. The predicted molar refractivity (Wildman–Crippen MR) is 114 cm³/mol. The Bertz CT molecular complexity index is 974. The molecule has 1 atom stereocenters. The topological polar surface area (TPSA) is 47.6 Å². The molecule has 5 heteroatoms. The van der Waals surface area contributed by atoms with Crippen LogP contribution in [0.3, 0.4) is 0 Å². The van der Waals surface area contributed by atoms with Crippen molar-refractivity contribution in [3.8, 4) is 22.6 Å². The zero-order valence-electron chi connectivity index (χ0n) is 16.2. The molecule has 0 fully saturated rings. The minimum Gasteiger partial charge on any atom is -0.497 e. The first kappa shape index (κ1) is 18.6. The van der Waals surface area contributed by atoms with Crippen molar-refractivity contribution in [3.63, 3.8) is 0 Å². The third-order valence-corrected chi connectivity index (χ3v) is 5.94. The van der Waals surface area contributed by atoms with E-state index >= 15 is 0 Å². The number of rotatable bonds is 5. The van der Waals surface area contributed by atoms with Crippen molar-refractivity contribution in [2.24, 2.45) is 0 Å². The number of ether oxygens (including phenoxy) is 2. The second kappa shape index (κ2) is 7.68. The van der Waals surface area contributed by atoms with Crippen LogP contribution in [0.25, 0.3) is 11.1 Å². The number of anilines is 1. The van der Waals surface area contributed by atoms with E-state index in [2.05, 4.69) is 22.8 Å². The average molecular weight is 394 g/mol. The van der Waals surface area contributed by atoms with Crippen LogP contribution < -0.4 is 14.8 Å². The van der Waals surface area contributed by atoms with Gasteiger partial charge in [-0.05, 0) is 49.2 Å². The van der Waals surface area contributed by atoms with Crippen molar-refractivity contribution >= 4 is 22.9 Å². The van der Waals surface area contributed by atoms with Crippen LogP contribution in [0.2, 0.25) is 0 Å². The summed E-state index contributed by atoms with van der Waals surface area (Å²) in [7, 11) is 1.66. The second-order valence-corrected chi connectivity index (χ2v) is 8.07. The Balaban J connectivity index is 1.68. The zero-order chi connectivity index (χ0) is 19.7. The van der Waals surface area contributed by atoms with E-state index in [1.165, 1.54) is 4.88 Å². The fourth-order valence-corrected chi connectivity index (χ4v) is 4.69. The van der Waals surface area contributed by atoms with Gasteiger partial charge in [-0.1, -0.05) is 24.3 Å². The van der Waals surface area contributed by atoms with Gasteiger partial charge in [0.15, 0.2) is 0 Å². The molecule has 0 bridgehead atoms. The molecule has 2 heterocycles. The maximum atomic E-state index is 12.5. The number of amides is 1. The van der Waals surface area contributed by atoms with Crippen LogP contribution in [-0.4, -0.2) is 19.1 Å². The summed E-state index contributed by atoms with van der Waals surface area (Å²) in [5.41, 5.74) is 4.19. The molecule has 0 saturated carbocycles. The van der Waals surface area contributed by atoms with Gasteiger partial charge >= 0.3 is 0 Å². The highest BCUT2D eigenvalue weighted by atomic mass is 32.1. The van der Waals surface area contributed by atoms with Gasteiger partial charge in [-0.15, -0.1) is 11.3 Å². The van der Waals surface area contributed by atoms with Crippen molar-refractivity contribution in [2.45, 2.75) is 32.3 Å². The summed E-state index contributed by atoms with van der Waals surface area (Å²) >= 11 is 1.70. The first-order valence-corrected chi connectivity index (χ1v) is 10.3. The molecule has 1 amide bonds. The van der Waals surface area contributed by atoms with Gasteiger partial charge in [0, 0.05) is 28.2 Å². The molecule has 0 aliphatic carbocycles. The van der Waals surface area contributed by atoms with Crippen LogP contribution >= 0.6 is 11.3 Å². The molecule has 0 radical (unpaired) electrons. The van der Waals surface area contributed by atoms with E-state index in [4.69, 9.17) is 9.47 Å². The van der Waals surface area contributed by atoms with Crippen LogP contribution in [0.5, 0.6) is 11.5 Å². The third kappa shape index (κ3) is 3.62. The Morgan fingerprint density at radius 3 is 2.36 bits per heavy atom. The maximum absolute atomic E-state index is 12.5. The molecule has 1 aliphatic rings. The highest BCUT2D eigenvalue weighted by Crippen LogP contribution is 2.46. The van der Waals surface area contributed by atoms with E-state index in [1.54, 1.807) is 18.4 Å². The fraction of sp³-hybridized carbons (Fsp3) is 0.261. The van der Waals surface area contributed by atoms with Crippen LogP contribution in [0.4, 0.5) is 5.69 Å². The summed E-state index contributed by atoms with van der Waals surface area (Å²) in [4.78, 5) is 13.6. The Kier molecular flexibility index (Phi) is 5.09. The van der Waals surface area contributed by atoms with Crippen LogP contribution in [0, 0.1) is 0 Å². The van der Waals surface area contributed by atoms with Gasteiger partial charge in [-0.3, -0.25) is 4.79 Å². The molecule has 0 spiro atoms. The minimum atomic E-state index is 0.0492. The number of benzene rings is 2. The first-order chi connectivity index (χ1) is 13.5. The number of nitrogens with one attached hydrogen (secondary N) is 1. The summed E-state index contributed by atoms with van der Waals surface area (Å²) in [6.07, 6.45) is 0.599. The Hall–Kier alpha value is -2.79. The van der Waals surface area contributed by atoms with Gasteiger partial charge in [0.05, 0.1) is 18.9 Å². The van der Waals surface area contributed by atoms with Gasteiger partial charge in [0.25, 0.3) is 0 Å². The lowest BCUT2D eigenvalue weighted by Gasteiger charge is -2.24. The highest BCUT2D eigenvalue weighted by molar-refractivity contribution is 7.11. The summed E-state index contributed by atoms with van der Waals surface area (Å²) < 4.78 is 11.0. The Morgan fingerprint density at radius 2 is 1.71 bits per heavy atom. The van der Waals surface area contributed by atoms with Crippen molar-refractivity contribution in [1.82, 2.24) is 0 Å². The molecular formula is C23H23NO3S. The van der Waals surface area contributed by atoms with Crippen molar-refractivity contribution < 1.29 is 14.3 Å². The second-order valence-electron chi connectivity index (χ2n) is 7.16. The van der Waals surface area contributed by atoms with Gasteiger partial charge in [0.1, 0.15) is 11.5 Å². The number of carbonyl (C=O) groups is 1. The number of fused-ring (bicyclic) bond motifs is 1. The highest BCUT2D eigenvalue weighted by Gasteiger charge is 2.30. The van der Waals surface area contributed by atoms with E-state index in [0.717, 1.165) is 33.9 Å². The number of hydrogen-bond donors (Lipinski definition) is 1. The fourth-order valence-electron chi connectivity index (χ4n) is 3.53. The van der Waals surface area contributed by atoms with Gasteiger partial charge in [-0.2, -0.15) is 0 Å². The van der Waals surface area contributed by atoms with Gasteiger partial charge in [-0.25, -0.2) is 0 Å². The van der Waals surface area contributed by atoms with Gasteiger partial charge in [0.2, 0.25) is 5.91 Å². The molecule has 28 heavy (non-hydrogen) atoms. The molecule has 144 valence electrons. The number of methoxy groups -OCH3 is 1. The lowest BCUT2D eigenvalue weighted by atomic mass is 9.89. The number of carbonyl (C=O) groups excluding carboxylic acids is 1. The predicted octanol–water partition coefficient (Wildman–Crippen LogP) is 5.69. The molecular weight excluding hydrogens is 370 g/mol. The summed E-state index contributed by atoms with van der Waals surface area (Å²) in [5, 5.41) is 5.21. The normalized spacial score (nSPS) is 15.9. The standard InChI is InChI=1S/C23H23NO3S/c1-14(2)27-18-10-6-15(7-11-18)19-12-21(25)24-22-20(13-28-23(19)22)16-4-8-17(26-3)9-5-16/h4-11,13-14,19H,12H2,1-3H3,(H,24,25). The van der Waals surface area contributed by atoms with Gasteiger partial charge < -0.3 is 14.8 Å². The molecule has 1 aromatic heterocycles. The molecule has 0 saturated heterocycles. The Labute approximate surface area is 169 Å². The quantitative estimate of drug-likeness (QED) is 0.606. The van der Waals surface area contributed by atoms with E-state index in [-0.39, 0.29) is 17.9 Å². The summed E-state index contributed by atoms with van der Waals surface area (Å²) in [6, 6.07) is 16.0. The lowest BCUT2D eigenvalue weighted by molar-refractivity contribution is -0.116. The van der Waals surface area contributed by atoms with Crippen molar-refractivity contribution in [1.29, 1.82) is 0 Å². The zero-order valence-corrected chi connectivity index (χ0v) is 17.0. The van der Waals surface area contributed by atoms with E-state index in [9.17, 15) is 4.79 Å². The average Bonchev–Trinajstić information content (AvgIpc) is 3.11. The largest absolute Gasteiger partial charge is 0.497 e. The minimum absolute atomic E-state index is 0.0492. The van der Waals surface area contributed by atoms with E-state index in [0.29, 0.717) is 6.42 Å². The number of thiophene rings is 1. The third-order valence-electron chi connectivity index (χ3n) is 4.85. The van der Waals surface area contributed by atoms with E-state index in [1.807, 2.05) is 50.2 Å². The smallest absolute Gasteiger partial charge is 0.225 e. The molecule has 2 aromatic carbocycles. The SMILES string of the molecule is COc1ccc(-c2csc3c2NC(=O)CC3c2ccc(OC(C)C)cc2)cc1. The van der Waals surface area contributed by atoms with E-state index < -0.39 is 0 Å². The first-order valence-electron chi connectivity index (χ1n) is 9.37. The van der Waals surface area contributed by atoms with Crippen molar-refractivity contribution in [2.75, 3.05) is 12.4 Å². The lowest BCUT2D eigenvalue weighted by Crippen LogP contribution is -2.22. The van der Waals surface area contributed by atoms with Crippen LogP contribution in [0.1, 0.15) is 36.6 Å². The molecule has 4 rings (SSSR count). The monoisotopic (exact) mass is 393 g/mol. The Morgan fingerprint density at radius 1 is 1.04 bits per heavy atom. The van der Waals surface area contributed by atoms with Crippen LogP contribution in [0.15, 0.2) is 53.9 Å². The molecule has 3 aromatic rings. The molecule has 1 unspecified atom stereocenters. The van der Waals surface area contributed by atoms with Crippen molar-refractivity contribution in [3.05, 3.63) is 64.4 Å². The molecule has 1 aliphatic heterocycles.